The maximum Gasteiger partial charge on any atom is 0.316 e. The molecule has 0 bridgehead atoms. The summed E-state index contributed by atoms with van der Waals surface area (Å²) in [4.78, 5) is 31.5. The first-order chi connectivity index (χ1) is 14.9. The molecule has 1 aliphatic heterocycles. The van der Waals surface area contributed by atoms with Crippen LogP contribution in [0.2, 0.25) is 0 Å². The van der Waals surface area contributed by atoms with Crippen molar-refractivity contribution in [1.82, 2.24) is 5.32 Å². The van der Waals surface area contributed by atoms with Crippen LogP contribution < -0.4 is 15.5 Å². The number of aliphatic imine (C=N–C) groups is 1. The Labute approximate surface area is 186 Å². The lowest BCUT2D eigenvalue weighted by molar-refractivity contribution is -0.137. The molecule has 1 amide bonds. The predicted molar refractivity (Wildman–Crippen MR) is 126 cm³/mol. The highest BCUT2D eigenvalue weighted by Crippen LogP contribution is 2.33. The van der Waals surface area contributed by atoms with E-state index in [-0.39, 0.29) is 17.6 Å². The summed E-state index contributed by atoms with van der Waals surface area (Å²) >= 11 is 1.25. The van der Waals surface area contributed by atoms with Crippen molar-refractivity contribution >= 4 is 40.2 Å². The van der Waals surface area contributed by atoms with E-state index in [1.807, 2.05) is 80.5 Å². The van der Waals surface area contributed by atoms with Crippen LogP contribution in [-0.2, 0) is 14.3 Å². The maximum atomic E-state index is 13.2. The minimum Gasteiger partial charge on any atom is -0.468 e. The van der Waals surface area contributed by atoms with Gasteiger partial charge in [0.1, 0.15) is 6.04 Å². The molecule has 0 saturated carbocycles. The van der Waals surface area contributed by atoms with E-state index in [1.54, 1.807) is 0 Å². The molecular weight excluding hydrogens is 412 g/mol. The van der Waals surface area contributed by atoms with Crippen molar-refractivity contribution < 1.29 is 14.3 Å². The highest BCUT2D eigenvalue weighted by molar-refractivity contribution is 8.14. The number of esters is 1. The predicted octanol–water partition coefficient (Wildman–Crippen LogP) is 3.57. The number of methoxy groups -OCH3 is 1. The van der Waals surface area contributed by atoms with Gasteiger partial charge in [0.15, 0.2) is 5.17 Å². The molecule has 0 spiro atoms. The summed E-state index contributed by atoms with van der Waals surface area (Å²) < 4.78 is 4.72. The average molecular weight is 439 g/mol. The lowest BCUT2D eigenvalue weighted by Crippen LogP contribution is -2.32. The third kappa shape index (κ3) is 5.67. The second-order valence-electron chi connectivity index (χ2n) is 7.17. The molecule has 1 aliphatic rings. The number of para-hydroxylation sites is 1. The molecule has 0 aromatic heterocycles. The lowest BCUT2D eigenvalue weighted by Gasteiger charge is -2.26. The number of hydrogen-bond acceptors (Lipinski definition) is 7. The van der Waals surface area contributed by atoms with E-state index in [1.165, 1.54) is 18.9 Å². The largest absolute Gasteiger partial charge is 0.468 e. The Morgan fingerprint density at radius 3 is 2.42 bits per heavy atom. The number of hydrogen-bond donors (Lipinski definition) is 2. The van der Waals surface area contributed by atoms with Crippen LogP contribution in [0.3, 0.4) is 0 Å². The summed E-state index contributed by atoms with van der Waals surface area (Å²) in [5, 5.41) is 6.68. The maximum absolute atomic E-state index is 13.2. The second-order valence-corrected chi connectivity index (χ2v) is 8.14. The van der Waals surface area contributed by atoms with Crippen LogP contribution >= 0.6 is 11.8 Å². The molecule has 0 saturated heterocycles. The van der Waals surface area contributed by atoms with Crippen LogP contribution in [0.5, 0.6) is 0 Å². The van der Waals surface area contributed by atoms with Crippen molar-refractivity contribution in [1.29, 1.82) is 0 Å². The number of nitrogens with zero attached hydrogens (tertiary/aromatic N) is 2. The van der Waals surface area contributed by atoms with Gasteiger partial charge in [-0.25, -0.2) is 4.99 Å². The molecule has 8 heteroatoms. The van der Waals surface area contributed by atoms with Crippen molar-refractivity contribution in [2.24, 2.45) is 4.99 Å². The fourth-order valence-corrected chi connectivity index (χ4v) is 3.89. The first-order valence-electron chi connectivity index (χ1n) is 9.78. The highest BCUT2D eigenvalue weighted by Gasteiger charge is 2.29. The Kier molecular flexibility index (Phi) is 7.36. The van der Waals surface area contributed by atoms with Gasteiger partial charge in [0.25, 0.3) is 5.91 Å². The second kappa shape index (κ2) is 10.2. The zero-order valence-corrected chi connectivity index (χ0v) is 18.8. The number of allylic oxidation sites excluding steroid dienone is 1. The van der Waals surface area contributed by atoms with Crippen LogP contribution in [-0.4, -0.2) is 44.0 Å². The molecule has 7 nitrogen and oxygen atoms in total. The zero-order valence-electron chi connectivity index (χ0n) is 18.0. The van der Waals surface area contributed by atoms with Crippen molar-refractivity contribution in [3.05, 3.63) is 71.4 Å². The minimum atomic E-state index is -0.499. The molecule has 1 heterocycles. The standard InChI is InChI=1S/C23H26N4O3S/c1-15-20(22(29)25-17-8-6-5-7-9-17)21(16-10-12-18(13-11-16)27(2)3)26-23(24-15)31-14-19(28)30-4/h5-13,21H,14H2,1-4H3,(H,24,26)(H,25,29)/t21-/m0/s1. The summed E-state index contributed by atoms with van der Waals surface area (Å²) in [5.74, 6) is -0.428. The number of nitrogens with one attached hydrogen (secondary N) is 2. The number of ether oxygens (including phenoxy) is 1. The third-order valence-corrected chi connectivity index (χ3v) is 5.64. The zero-order chi connectivity index (χ0) is 22.4. The molecule has 2 aromatic carbocycles. The lowest BCUT2D eigenvalue weighted by atomic mass is 9.95. The molecule has 31 heavy (non-hydrogen) atoms. The molecule has 2 aromatic rings. The van der Waals surface area contributed by atoms with E-state index >= 15 is 0 Å². The Hall–Kier alpha value is -3.26. The quantitative estimate of drug-likeness (QED) is 0.671. The molecule has 162 valence electrons. The van der Waals surface area contributed by atoms with Gasteiger partial charge in [0, 0.05) is 31.2 Å². The Balaban J connectivity index is 1.92. The van der Waals surface area contributed by atoms with Gasteiger partial charge in [-0.05, 0) is 36.8 Å². The van der Waals surface area contributed by atoms with Crippen LogP contribution in [0.25, 0.3) is 0 Å². The van der Waals surface area contributed by atoms with Gasteiger partial charge in [-0.15, -0.1) is 0 Å². The molecule has 0 fully saturated rings. The molecule has 0 aliphatic carbocycles. The summed E-state index contributed by atoms with van der Waals surface area (Å²) in [5.41, 5.74) is 3.88. The molecular formula is C23H26N4O3S. The van der Waals surface area contributed by atoms with Crippen molar-refractivity contribution in [3.63, 3.8) is 0 Å². The molecule has 3 rings (SSSR count). The molecule has 2 N–H and O–H groups in total. The summed E-state index contributed by atoms with van der Waals surface area (Å²) in [6.45, 7) is 1.84. The number of benzene rings is 2. The van der Waals surface area contributed by atoms with E-state index in [2.05, 4.69) is 10.6 Å². The fraction of sp³-hybridized carbons (Fsp3) is 0.261. The molecule has 0 radical (unpaired) electrons. The number of amides is 1. The van der Waals surface area contributed by atoms with Crippen molar-refractivity contribution in [3.8, 4) is 0 Å². The summed E-state index contributed by atoms with van der Waals surface area (Å²) in [6.07, 6.45) is 0. The van der Waals surface area contributed by atoms with Gasteiger partial charge in [-0.3, -0.25) is 9.59 Å². The summed E-state index contributed by atoms with van der Waals surface area (Å²) in [7, 11) is 5.30. The first-order valence-corrected chi connectivity index (χ1v) is 10.8. The normalized spacial score (nSPS) is 15.6. The van der Waals surface area contributed by atoms with Crippen LogP contribution in [0, 0.1) is 0 Å². The number of anilines is 2. The van der Waals surface area contributed by atoms with E-state index in [9.17, 15) is 9.59 Å². The topological polar surface area (TPSA) is 83.0 Å². The molecule has 0 unspecified atom stereocenters. The van der Waals surface area contributed by atoms with E-state index in [0.29, 0.717) is 22.1 Å². The van der Waals surface area contributed by atoms with Crippen molar-refractivity contribution in [2.75, 3.05) is 37.2 Å². The number of carbonyl (C=O) groups excluding carboxylic acids is 2. The van der Waals surface area contributed by atoms with Crippen LogP contribution in [0.15, 0.2) is 70.9 Å². The SMILES string of the molecule is COC(=O)CSC1=N[C@@H](c2ccc(N(C)C)cc2)C(C(=O)Nc2ccccc2)=C(C)N1. The van der Waals surface area contributed by atoms with Crippen molar-refractivity contribution in [2.45, 2.75) is 13.0 Å². The number of thioether (sulfide) groups is 1. The highest BCUT2D eigenvalue weighted by atomic mass is 32.2. The van der Waals surface area contributed by atoms with Gasteiger partial charge in [-0.2, -0.15) is 0 Å². The third-order valence-electron chi connectivity index (χ3n) is 4.77. The van der Waals surface area contributed by atoms with Gasteiger partial charge in [0.05, 0.1) is 18.4 Å². The number of carbonyl (C=O) groups is 2. The van der Waals surface area contributed by atoms with Gasteiger partial charge < -0.3 is 20.3 Å². The smallest absolute Gasteiger partial charge is 0.316 e. The fourth-order valence-electron chi connectivity index (χ4n) is 3.12. The monoisotopic (exact) mass is 438 g/mol. The van der Waals surface area contributed by atoms with Crippen LogP contribution in [0.1, 0.15) is 18.5 Å². The van der Waals surface area contributed by atoms with Gasteiger partial charge in [0.2, 0.25) is 0 Å². The number of amidine groups is 1. The molecule has 1 atom stereocenters. The Morgan fingerprint density at radius 2 is 1.81 bits per heavy atom. The minimum absolute atomic E-state index is 0.132. The van der Waals surface area contributed by atoms with Gasteiger partial charge in [-0.1, -0.05) is 42.1 Å². The Morgan fingerprint density at radius 1 is 1.13 bits per heavy atom. The first kappa shape index (κ1) is 22.4. The number of rotatable bonds is 6. The average Bonchev–Trinajstić information content (AvgIpc) is 2.77. The van der Waals surface area contributed by atoms with Crippen LogP contribution in [0.4, 0.5) is 11.4 Å². The Bertz CT molecular complexity index is 1000. The van der Waals surface area contributed by atoms with E-state index < -0.39 is 6.04 Å². The van der Waals surface area contributed by atoms with E-state index in [0.717, 1.165) is 11.3 Å². The summed E-state index contributed by atoms with van der Waals surface area (Å²) in [6, 6.07) is 16.7. The van der Waals surface area contributed by atoms with E-state index in [4.69, 9.17) is 9.73 Å². The van der Waals surface area contributed by atoms with Gasteiger partial charge >= 0.3 is 5.97 Å².